The van der Waals surface area contributed by atoms with Crippen molar-refractivity contribution in [3.63, 3.8) is 0 Å². The van der Waals surface area contributed by atoms with Crippen LogP contribution in [-0.4, -0.2) is 10.2 Å². The van der Waals surface area contributed by atoms with Crippen LogP contribution in [0.2, 0.25) is 0 Å². The van der Waals surface area contributed by atoms with Gasteiger partial charge in [0.15, 0.2) is 0 Å². The van der Waals surface area contributed by atoms with Gasteiger partial charge in [-0.1, -0.05) is 6.08 Å². The first-order chi connectivity index (χ1) is 8.22. The topological polar surface area (TPSA) is 69.5 Å². The van der Waals surface area contributed by atoms with Crippen LogP contribution in [-0.2, 0) is 0 Å². The van der Waals surface area contributed by atoms with Crippen molar-refractivity contribution in [2.45, 2.75) is 6.92 Å². The lowest BCUT2D eigenvalue weighted by molar-refractivity contribution is 0.952. The van der Waals surface area contributed by atoms with Gasteiger partial charge in [-0.25, -0.2) is 5.10 Å². The van der Waals surface area contributed by atoms with Crippen LogP contribution in [0.5, 0.6) is 0 Å². The third kappa shape index (κ3) is 2.32. The van der Waals surface area contributed by atoms with E-state index in [0.717, 1.165) is 5.56 Å². The van der Waals surface area contributed by atoms with Gasteiger partial charge in [-0.05, 0) is 41.0 Å². The average Bonchev–Trinajstić information content (AvgIpc) is 2.82. The molecule has 2 aromatic heterocycles. The number of aromatic amines is 1. The van der Waals surface area contributed by atoms with Crippen LogP contribution in [0.1, 0.15) is 22.4 Å². The molecule has 2 aromatic rings. The zero-order valence-electron chi connectivity index (χ0n) is 9.10. The fourth-order valence-electron chi connectivity index (χ4n) is 1.39. The normalized spacial score (nSPS) is 10.6. The standard InChI is InChI=1S/C12H9N3OS/c1-8-10(6-13)12(16)15-14-11(8)3-2-9-4-5-17-7-9/h2-5,7H,1H3,(H,15,16). The van der Waals surface area contributed by atoms with Crippen LogP contribution in [0.4, 0.5) is 0 Å². The average molecular weight is 243 g/mol. The number of H-pyrrole nitrogens is 1. The first kappa shape index (κ1) is 11.3. The minimum atomic E-state index is -0.447. The number of nitriles is 1. The van der Waals surface area contributed by atoms with Gasteiger partial charge in [0.05, 0.1) is 5.69 Å². The van der Waals surface area contributed by atoms with Crippen molar-refractivity contribution in [1.82, 2.24) is 10.2 Å². The van der Waals surface area contributed by atoms with Gasteiger partial charge >= 0.3 is 0 Å². The van der Waals surface area contributed by atoms with Crippen molar-refractivity contribution < 1.29 is 0 Å². The number of thiophene rings is 1. The van der Waals surface area contributed by atoms with E-state index in [1.165, 1.54) is 0 Å². The molecule has 0 amide bonds. The van der Waals surface area contributed by atoms with E-state index in [0.29, 0.717) is 11.3 Å². The Morgan fingerprint density at radius 3 is 3.00 bits per heavy atom. The molecule has 0 saturated carbocycles. The van der Waals surface area contributed by atoms with E-state index in [-0.39, 0.29) is 5.56 Å². The molecule has 2 rings (SSSR count). The molecule has 0 spiro atoms. The van der Waals surface area contributed by atoms with E-state index < -0.39 is 5.56 Å². The monoisotopic (exact) mass is 243 g/mol. The highest BCUT2D eigenvalue weighted by Crippen LogP contribution is 2.12. The second-order valence-electron chi connectivity index (χ2n) is 3.44. The largest absolute Gasteiger partial charge is 0.282 e. The number of hydrogen-bond donors (Lipinski definition) is 1. The molecule has 1 N–H and O–H groups in total. The van der Waals surface area contributed by atoms with Crippen molar-refractivity contribution in [3.8, 4) is 6.07 Å². The Labute approximate surface area is 102 Å². The molecule has 84 valence electrons. The number of hydrogen-bond acceptors (Lipinski definition) is 4. The summed E-state index contributed by atoms with van der Waals surface area (Å²) < 4.78 is 0. The Morgan fingerprint density at radius 1 is 1.53 bits per heavy atom. The quantitative estimate of drug-likeness (QED) is 0.878. The molecule has 0 bridgehead atoms. The molecule has 0 fully saturated rings. The van der Waals surface area contributed by atoms with Crippen molar-refractivity contribution in [1.29, 1.82) is 5.26 Å². The van der Waals surface area contributed by atoms with Gasteiger partial charge in [-0.2, -0.15) is 21.7 Å². The Balaban J connectivity index is 2.42. The molecule has 0 saturated heterocycles. The predicted octanol–water partition coefficient (Wildman–Crippen LogP) is 2.18. The first-order valence-electron chi connectivity index (χ1n) is 4.92. The highest BCUT2D eigenvalue weighted by Gasteiger charge is 2.07. The van der Waals surface area contributed by atoms with E-state index in [4.69, 9.17) is 5.26 Å². The Kier molecular flexibility index (Phi) is 3.17. The molecular weight excluding hydrogens is 234 g/mol. The van der Waals surface area contributed by atoms with Gasteiger partial charge in [0, 0.05) is 0 Å². The van der Waals surface area contributed by atoms with Gasteiger partial charge < -0.3 is 0 Å². The van der Waals surface area contributed by atoms with E-state index in [1.807, 2.05) is 29.0 Å². The highest BCUT2D eigenvalue weighted by molar-refractivity contribution is 7.08. The molecule has 4 nitrogen and oxygen atoms in total. The smallest absolute Gasteiger partial charge is 0.267 e. The fourth-order valence-corrected chi connectivity index (χ4v) is 2.02. The van der Waals surface area contributed by atoms with Gasteiger partial charge in [0.25, 0.3) is 5.56 Å². The maximum atomic E-state index is 11.3. The lowest BCUT2D eigenvalue weighted by atomic mass is 10.1. The maximum absolute atomic E-state index is 11.3. The Bertz CT molecular complexity index is 647. The summed E-state index contributed by atoms with van der Waals surface area (Å²) in [6, 6.07) is 3.86. The van der Waals surface area contributed by atoms with E-state index >= 15 is 0 Å². The number of aromatic nitrogens is 2. The SMILES string of the molecule is Cc1c(C=Cc2ccsc2)n[nH]c(=O)c1C#N. The molecule has 0 aromatic carbocycles. The highest BCUT2D eigenvalue weighted by atomic mass is 32.1. The van der Waals surface area contributed by atoms with Crippen molar-refractivity contribution in [3.05, 3.63) is 49.6 Å². The molecule has 0 unspecified atom stereocenters. The van der Waals surface area contributed by atoms with Gasteiger partial charge in [0.2, 0.25) is 0 Å². The summed E-state index contributed by atoms with van der Waals surface area (Å²) in [6.07, 6.45) is 3.68. The van der Waals surface area contributed by atoms with Crippen LogP contribution < -0.4 is 5.56 Å². The van der Waals surface area contributed by atoms with Crippen LogP contribution in [0, 0.1) is 18.3 Å². The molecule has 0 aliphatic carbocycles. The molecule has 0 aliphatic rings. The summed E-state index contributed by atoms with van der Waals surface area (Å²) in [5.74, 6) is 0. The molecule has 2 heterocycles. The van der Waals surface area contributed by atoms with Crippen LogP contribution in [0.25, 0.3) is 12.2 Å². The minimum Gasteiger partial charge on any atom is -0.267 e. The third-order valence-electron chi connectivity index (χ3n) is 2.35. The second-order valence-corrected chi connectivity index (χ2v) is 4.22. The second kappa shape index (κ2) is 4.76. The molecule has 17 heavy (non-hydrogen) atoms. The summed E-state index contributed by atoms with van der Waals surface area (Å²) in [4.78, 5) is 11.3. The fraction of sp³-hybridized carbons (Fsp3) is 0.0833. The zero-order valence-corrected chi connectivity index (χ0v) is 9.91. The minimum absolute atomic E-state index is 0.116. The molecule has 0 radical (unpaired) electrons. The van der Waals surface area contributed by atoms with Gasteiger partial charge in [-0.15, -0.1) is 0 Å². The number of nitrogens with one attached hydrogen (secondary N) is 1. The van der Waals surface area contributed by atoms with E-state index in [2.05, 4.69) is 10.2 Å². The first-order valence-corrected chi connectivity index (χ1v) is 5.86. The predicted molar refractivity (Wildman–Crippen MR) is 67.6 cm³/mol. The Morgan fingerprint density at radius 2 is 2.35 bits per heavy atom. The summed E-state index contributed by atoms with van der Waals surface area (Å²) in [7, 11) is 0. The summed E-state index contributed by atoms with van der Waals surface area (Å²) in [6.45, 7) is 1.72. The zero-order chi connectivity index (χ0) is 12.3. The number of rotatable bonds is 2. The molecule has 5 heteroatoms. The lowest BCUT2D eigenvalue weighted by Crippen LogP contribution is -2.15. The van der Waals surface area contributed by atoms with Crippen molar-refractivity contribution >= 4 is 23.5 Å². The van der Waals surface area contributed by atoms with Gasteiger partial charge in [0.1, 0.15) is 11.6 Å². The van der Waals surface area contributed by atoms with Crippen LogP contribution in [0.15, 0.2) is 21.6 Å². The number of nitrogens with zero attached hydrogens (tertiary/aromatic N) is 2. The third-order valence-corrected chi connectivity index (χ3v) is 3.05. The molecule has 0 aliphatic heterocycles. The maximum Gasteiger partial charge on any atom is 0.282 e. The van der Waals surface area contributed by atoms with E-state index in [9.17, 15) is 4.79 Å². The summed E-state index contributed by atoms with van der Waals surface area (Å²) in [5, 5.41) is 19.1. The summed E-state index contributed by atoms with van der Waals surface area (Å²) >= 11 is 1.61. The van der Waals surface area contributed by atoms with Crippen LogP contribution >= 0.6 is 11.3 Å². The Hall–Kier alpha value is -2.19. The van der Waals surface area contributed by atoms with Crippen molar-refractivity contribution in [2.75, 3.05) is 0 Å². The van der Waals surface area contributed by atoms with Crippen molar-refractivity contribution in [2.24, 2.45) is 0 Å². The van der Waals surface area contributed by atoms with E-state index in [1.54, 1.807) is 24.3 Å². The van der Waals surface area contributed by atoms with Crippen LogP contribution in [0.3, 0.4) is 0 Å². The molecule has 0 atom stereocenters. The molecular formula is C12H9N3OS. The summed E-state index contributed by atoms with van der Waals surface area (Å²) in [5.41, 5.74) is 1.94. The van der Waals surface area contributed by atoms with Gasteiger partial charge in [-0.3, -0.25) is 4.79 Å². The lowest BCUT2D eigenvalue weighted by Gasteiger charge is -1.99.